The van der Waals surface area contributed by atoms with E-state index in [1.165, 1.54) is 25.7 Å². The minimum absolute atomic E-state index is 0.535. The Morgan fingerprint density at radius 1 is 1.19 bits per heavy atom. The van der Waals surface area contributed by atoms with Crippen LogP contribution in [0.4, 0.5) is 5.69 Å². The van der Waals surface area contributed by atoms with Crippen molar-refractivity contribution in [2.24, 2.45) is 11.8 Å². The van der Waals surface area contributed by atoms with Crippen LogP contribution in [0.25, 0.3) is 0 Å². The third-order valence-corrected chi connectivity index (χ3v) is 4.93. The highest BCUT2D eigenvalue weighted by Crippen LogP contribution is 2.44. The highest BCUT2D eigenvalue weighted by atomic mass is 32.1. The maximum absolute atomic E-state index is 5.45. The molecule has 2 N–H and O–H groups in total. The summed E-state index contributed by atoms with van der Waals surface area (Å²) in [5, 5.41) is 7.39. The molecule has 3 rings (SSSR count). The fraction of sp³-hybridized carbons (Fsp3) is 0.562. The van der Waals surface area contributed by atoms with Crippen LogP contribution in [0.5, 0.6) is 11.5 Å². The van der Waals surface area contributed by atoms with Gasteiger partial charge in [0.15, 0.2) is 5.11 Å². The molecule has 2 bridgehead atoms. The fourth-order valence-electron chi connectivity index (χ4n) is 3.65. The standard InChI is InChI=1S/C16H22N2O2S/c1-19-12-5-6-13(15(9-12)20-2)17-16(21)18-14-8-10-3-4-11(14)7-10/h5-6,9-11,14H,3-4,7-8H2,1-2H3,(H2,17,18,21)/t10-,11-,14+/m0/s1. The van der Waals surface area contributed by atoms with E-state index in [0.29, 0.717) is 11.2 Å². The molecular weight excluding hydrogens is 284 g/mol. The lowest BCUT2D eigenvalue weighted by Crippen LogP contribution is -2.40. The molecule has 1 aromatic rings. The van der Waals surface area contributed by atoms with Crippen LogP contribution in [-0.2, 0) is 0 Å². The van der Waals surface area contributed by atoms with Crippen LogP contribution in [-0.4, -0.2) is 25.4 Å². The Bertz CT molecular complexity index is 535. The van der Waals surface area contributed by atoms with Gasteiger partial charge in [-0.2, -0.15) is 0 Å². The van der Waals surface area contributed by atoms with Gasteiger partial charge in [-0.1, -0.05) is 6.42 Å². The summed E-state index contributed by atoms with van der Waals surface area (Å²) in [6.07, 6.45) is 5.37. The quantitative estimate of drug-likeness (QED) is 0.836. The molecule has 2 fully saturated rings. The fourth-order valence-corrected chi connectivity index (χ4v) is 3.91. The summed E-state index contributed by atoms with van der Waals surface area (Å²) < 4.78 is 10.6. The van der Waals surface area contributed by atoms with Gasteiger partial charge in [-0.25, -0.2) is 0 Å². The van der Waals surface area contributed by atoms with E-state index in [9.17, 15) is 0 Å². The molecule has 1 aromatic carbocycles. The first-order valence-electron chi connectivity index (χ1n) is 7.49. The number of ether oxygens (including phenoxy) is 2. The largest absolute Gasteiger partial charge is 0.497 e. The lowest BCUT2D eigenvalue weighted by Gasteiger charge is -2.25. The van der Waals surface area contributed by atoms with E-state index >= 15 is 0 Å². The molecule has 3 atom stereocenters. The molecule has 114 valence electrons. The number of thiocarbonyl (C=S) groups is 1. The van der Waals surface area contributed by atoms with Crippen LogP contribution in [0.15, 0.2) is 18.2 Å². The maximum Gasteiger partial charge on any atom is 0.171 e. The summed E-state index contributed by atoms with van der Waals surface area (Å²) in [5.74, 6) is 3.20. The molecule has 2 aliphatic rings. The average Bonchev–Trinajstić information content (AvgIpc) is 3.10. The zero-order valence-corrected chi connectivity index (χ0v) is 13.3. The minimum atomic E-state index is 0.535. The number of rotatable bonds is 4. The number of nitrogens with one attached hydrogen (secondary N) is 2. The van der Waals surface area contributed by atoms with Crippen LogP contribution in [0.1, 0.15) is 25.7 Å². The molecule has 0 unspecified atom stereocenters. The van der Waals surface area contributed by atoms with Gasteiger partial charge in [-0.15, -0.1) is 0 Å². The van der Waals surface area contributed by atoms with Crippen molar-refractivity contribution in [3.63, 3.8) is 0 Å². The van der Waals surface area contributed by atoms with Crippen molar-refractivity contribution >= 4 is 23.0 Å². The smallest absolute Gasteiger partial charge is 0.171 e. The number of methoxy groups -OCH3 is 2. The Hall–Kier alpha value is -1.49. The summed E-state index contributed by atoms with van der Waals surface area (Å²) in [7, 11) is 3.29. The van der Waals surface area contributed by atoms with Gasteiger partial charge in [-0.3, -0.25) is 0 Å². The predicted octanol–water partition coefficient (Wildman–Crippen LogP) is 3.18. The third kappa shape index (κ3) is 3.07. The number of hydrogen-bond donors (Lipinski definition) is 2. The van der Waals surface area contributed by atoms with Gasteiger partial charge in [0, 0.05) is 12.1 Å². The van der Waals surface area contributed by atoms with Crippen LogP contribution >= 0.6 is 12.2 Å². The summed E-state index contributed by atoms with van der Waals surface area (Å²) in [6, 6.07) is 6.20. The van der Waals surface area contributed by atoms with Crippen molar-refractivity contribution in [3.05, 3.63) is 18.2 Å². The Kier molecular flexibility index (Phi) is 4.19. The monoisotopic (exact) mass is 306 g/mol. The van der Waals surface area contributed by atoms with Crippen LogP contribution < -0.4 is 20.1 Å². The molecule has 0 amide bonds. The van der Waals surface area contributed by atoms with Crippen molar-refractivity contribution in [3.8, 4) is 11.5 Å². The van der Waals surface area contributed by atoms with E-state index in [2.05, 4.69) is 10.6 Å². The highest BCUT2D eigenvalue weighted by molar-refractivity contribution is 7.80. The number of hydrogen-bond acceptors (Lipinski definition) is 3. The summed E-state index contributed by atoms with van der Waals surface area (Å²) in [5.41, 5.74) is 0.860. The highest BCUT2D eigenvalue weighted by Gasteiger charge is 2.39. The second-order valence-corrected chi connectivity index (χ2v) is 6.35. The average molecular weight is 306 g/mol. The van der Waals surface area contributed by atoms with Gasteiger partial charge in [0.2, 0.25) is 0 Å². The third-order valence-electron chi connectivity index (χ3n) is 4.71. The van der Waals surface area contributed by atoms with Crippen LogP contribution in [0, 0.1) is 11.8 Å². The Balaban J connectivity index is 1.62. The lowest BCUT2D eigenvalue weighted by atomic mass is 9.96. The Labute approximate surface area is 131 Å². The normalized spacial score (nSPS) is 26.5. The van der Waals surface area contributed by atoms with Gasteiger partial charge < -0.3 is 20.1 Å². The maximum atomic E-state index is 5.45. The molecule has 0 spiro atoms. The van der Waals surface area contributed by atoms with E-state index in [1.54, 1.807) is 14.2 Å². The van der Waals surface area contributed by atoms with E-state index in [4.69, 9.17) is 21.7 Å². The van der Waals surface area contributed by atoms with Crippen molar-refractivity contribution in [2.45, 2.75) is 31.7 Å². The summed E-state index contributed by atoms with van der Waals surface area (Å²) in [6.45, 7) is 0. The Morgan fingerprint density at radius 2 is 2.05 bits per heavy atom. The minimum Gasteiger partial charge on any atom is -0.497 e. The molecule has 0 radical (unpaired) electrons. The summed E-state index contributed by atoms with van der Waals surface area (Å²) >= 11 is 5.45. The number of fused-ring (bicyclic) bond motifs is 2. The van der Waals surface area contributed by atoms with E-state index in [0.717, 1.165) is 29.0 Å². The van der Waals surface area contributed by atoms with Crippen molar-refractivity contribution in [1.29, 1.82) is 0 Å². The zero-order chi connectivity index (χ0) is 14.8. The lowest BCUT2D eigenvalue weighted by molar-refractivity contribution is 0.391. The second-order valence-electron chi connectivity index (χ2n) is 5.95. The first kappa shape index (κ1) is 14.4. The number of benzene rings is 1. The molecule has 0 saturated heterocycles. The van der Waals surface area contributed by atoms with Crippen molar-refractivity contribution in [1.82, 2.24) is 5.32 Å². The van der Waals surface area contributed by atoms with E-state index in [1.807, 2.05) is 18.2 Å². The number of anilines is 1. The summed E-state index contributed by atoms with van der Waals surface area (Å²) in [4.78, 5) is 0. The molecular formula is C16H22N2O2S. The van der Waals surface area contributed by atoms with Gasteiger partial charge in [0.1, 0.15) is 11.5 Å². The van der Waals surface area contributed by atoms with Crippen LogP contribution in [0.2, 0.25) is 0 Å². The molecule has 4 nitrogen and oxygen atoms in total. The first-order valence-corrected chi connectivity index (χ1v) is 7.90. The van der Waals surface area contributed by atoms with Crippen LogP contribution in [0.3, 0.4) is 0 Å². The zero-order valence-electron chi connectivity index (χ0n) is 12.5. The molecule has 2 aliphatic carbocycles. The van der Waals surface area contributed by atoms with Gasteiger partial charge in [-0.05, 0) is 55.4 Å². The van der Waals surface area contributed by atoms with Gasteiger partial charge in [0.05, 0.1) is 19.9 Å². The Morgan fingerprint density at radius 3 is 2.67 bits per heavy atom. The predicted molar refractivity (Wildman–Crippen MR) is 88.1 cm³/mol. The van der Waals surface area contributed by atoms with E-state index < -0.39 is 0 Å². The van der Waals surface area contributed by atoms with Crippen molar-refractivity contribution in [2.75, 3.05) is 19.5 Å². The molecule has 0 aliphatic heterocycles. The topological polar surface area (TPSA) is 42.5 Å². The van der Waals surface area contributed by atoms with Gasteiger partial charge >= 0.3 is 0 Å². The van der Waals surface area contributed by atoms with Crippen molar-refractivity contribution < 1.29 is 9.47 Å². The first-order chi connectivity index (χ1) is 10.2. The molecule has 0 aromatic heterocycles. The van der Waals surface area contributed by atoms with Gasteiger partial charge in [0.25, 0.3) is 0 Å². The second kappa shape index (κ2) is 6.10. The molecule has 2 saturated carbocycles. The molecule has 0 heterocycles. The SMILES string of the molecule is COc1ccc(NC(=S)N[C@@H]2C[C@H]3CC[C@H]2C3)c(OC)c1. The van der Waals surface area contributed by atoms with E-state index in [-0.39, 0.29) is 0 Å². The molecule has 21 heavy (non-hydrogen) atoms. The molecule has 5 heteroatoms.